The van der Waals surface area contributed by atoms with Crippen molar-refractivity contribution >= 4 is 11.2 Å². The smallest absolute Gasteiger partial charge is 0.253 e. The number of aromatic nitrogens is 4. The molecule has 1 aliphatic heterocycles. The van der Waals surface area contributed by atoms with E-state index >= 15 is 0 Å². The van der Waals surface area contributed by atoms with Crippen LogP contribution in [-0.2, 0) is 4.74 Å². The first kappa shape index (κ1) is 17.6. The molecule has 7 nitrogen and oxygen atoms in total. The first-order valence-corrected chi connectivity index (χ1v) is 9.05. The van der Waals surface area contributed by atoms with Crippen LogP contribution >= 0.6 is 0 Å². The molecule has 1 saturated heterocycles. The van der Waals surface area contributed by atoms with Crippen LogP contribution in [0.25, 0.3) is 11.2 Å². The van der Waals surface area contributed by atoms with E-state index in [0.717, 1.165) is 40.9 Å². The van der Waals surface area contributed by atoms with Gasteiger partial charge in [-0.05, 0) is 50.3 Å². The summed E-state index contributed by atoms with van der Waals surface area (Å²) in [5, 5.41) is 0. The van der Waals surface area contributed by atoms with Gasteiger partial charge in [0, 0.05) is 24.4 Å². The number of aryl methyl sites for hydroxylation is 2. The summed E-state index contributed by atoms with van der Waals surface area (Å²) in [6, 6.07) is 5.67. The molecule has 0 radical (unpaired) electrons. The molecule has 1 N–H and O–H groups in total. The molecule has 4 heterocycles. The molecule has 7 heteroatoms. The van der Waals surface area contributed by atoms with Crippen molar-refractivity contribution in [3.05, 3.63) is 57.3 Å². The van der Waals surface area contributed by atoms with Gasteiger partial charge >= 0.3 is 0 Å². The maximum atomic E-state index is 12.7. The highest BCUT2D eigenvalue weighted by molar-refractivity contribution is 5.70. The molecule has 0 aromatic carbocycles. The van der Waals surface area contributed by atoms with Crippen molar-refractivity contribution in [3.63, 3.8) is 0 Å². The van der Waals surface area contributed by atoms with Crippen molar-refractivity contribution in [3.8, 4) is 5.88 Å². The fourth-order valence-corrected chi connectivity index (χ4v) is 3.52. The summed E-state index contributed by atoms with van der Waals surface area (Å²) in [4.78, 5) is 28.8. The summed E-state index contributed by atoms with van der Waals surface area (Å²) in [5.74, 6) is 0.670. The Balaban J connectivity index is 1.65. The number of hydrogen-bond donors (Lipinski definition) is 1. The van der Waals surface area contributed by atoms with Crippen molar-refractivity contribution in [2.24, 2.45) is 0 Å². The molecule has 0 aliphatic carbocycles. The van der Waals surface area contributed by atoms with E-state index in [1.54, 1.807) is 13.3 Å². The predicted octanol–water partition coefficient (Wildman–Crippen LogP) is 2.97. The third kappa shape index (κ3) is 3.42. The highest BCUT2D eigenvalue weighted by atomic mass is 16.5. The monoisotopic (exact) mass is 366 g/mol. The fraction of sp³-hybridized carbons (Fsp3) is 0.400. The number of nitrogens with zero attached hydrogens (tertiary/aromatic N) is 3. The molecule has 1 fully saturated rings. The molecule has 2 atom stereocenters. The summed E-state index contributed by atoms with van der Waals surface area (Å²) < 4.78 is 11.0. The number of aromatic amines is 1. The summed E-state index contributed by atoms with van der Waals surface area (Å²) in [6.07, 6.45) is 3.20. The van der Waals surface area contributed by atoms with E-state index in [9.17, 15) is 4.79 Å². The Morgan fingerprint density at radius 3 is 2.78 bits per heavy atom. The van der Waals surface area contributed by atoms with Crippen LogP contribution < -0.4 is 10.3 Å². The highest BCUT2D eigenvalue weighted by Gasteiger charge is 2.27. The maximum absolute atomic E-state index is 12.7. The lowest BCUT2D eigenvalue weighted by Crippen LogP contribution is -2.24. The van der Waals surface area contributed by atoms with E-state index in [1.807, 2.05) is 32.0 Å². The number of methoxy groups -OCH3 is 1. The zero-order valence-corrected chi connectivity index (χ0v) is 15.7. The summed E-state index contributed by atoms with van der Waals surface area (Å²) in [6.45, 7) is 4.41. The van der Waals surface area contributed by atoms with Crippen LogP contribution in [0.5, 0.6) is 5.88 Å². The molecule has 0 unspecified atom stereocenters. The number of pyridine rings is 2. The molecule has 4 rings (SSSR count). The van der Waals surface area contributed by atoms with Crippen LogP contribution in [0.2, 0.25) is 0 Å². The van der Waals surface area contributed by atoms with Crippen molar-refractivity contribution < 1.29 is 9.47 Å². The Kier molecular flexibility index (Phi) is 4.61. The lowest BCUT2D eigenvalue weighted by molar-refractivity contribution is 0.00486. The second-order valence-electron chi connectivity index (χ2n) is 6.90. The molecule has 1 aliphatic rings. The van der Waals surface area contributed by atoms with Gasteiger partial charge in [-0.15, -0.1) is 0 Å². The number of fused-ring (bicyclic) bond motifs is 1. The number of ether oxygens (including phenoxy) is 2. The van der Waals surface area contributed by atoms with Crippen molar-refractivity contribution in [2.45, 2.75) is 38.7 Å². The molecule has 3 aromatic heterocycles. The number of nitrogens with one attached hydrogen (secondary N) is 1. The van der Waals surface area contributed by atoms with Crippen molar-refractivity contribution in [2.75, 3.05) is 13.7 Å². The van der Waals surface area contributed by atoms with E-state index < -0.39 is 0 Å². The van der Waals surface area contributed by atoms with Gasteiger partial charge < -0.3 is 14.5 Å². The third-order valence-electron chi connectivity index (χ3n) is 5.18. The summed E-state index contributed by atoms with van der Waals surface area (Å²) in [7, 11) is 1.59. The van der Waals surface area contributed by atoms with E-state index in [-0.39, 0.29) is 17.6 Å². The standard InChI is InChI=1S/C20H22N4O3/c1-11-12(2)23-19-16(22-11)9-15(20(25)24-19)13-6-7-27-17(8-13)14-4-5-18(26-3)21-10-14/h4-5,9-10,13,17H,6-8H2,1-3H3,(H,23,24,25)/t13-,17+/m0/s1. The van der Waals surface area contributed by atoms with Crippen LogP contribution in [0.4, 0.5) is 0 Å². The van der Waals surface area contributed by atoms with Gasteiger partial charge in [0.05, 0.1) is 24.6 Å². The van der Waals surface area contributed by atoms with Crippen LogP contribution in [0.15, 0.2) is 29.2 Å². The normalized spacial score (nSPS) is 20.0. The summed E-state index contributed by atoms with van der Waals surface area (Å²) >= 11 is 0. The lowest BCUT2D eigenvalue weighted by Gasteiger charge is -2.29. The van der Waals surface area contributed by atoms with Gasteiger partial charge in [-0.2, -0.15) is 0 Å². The highest BCUT2D eigenvalue weighted by Crippen LogP contribution is 2.36. The van der Waals surface area contributed by atoms with Gasteiger partial charge in [0.1, 0.15) is 5.52 Å². The van der Waals surface area contributed by atoms with E-state index in [2.05, 4.69) is 19.9 Å². The van der Waals surface area contributed by atoms with Gasteiger partial charge in [0.15, 0.2) is 5.65 Å². The van der Waals surface area contributed by atoms with Gasteiger partial charge in [-0.1, -0.05) is 0 Å². The topological polar surface area (TPSA) is 90.0 Å². The Labute approximate surface area is 156 Å². The minimum absolute atomic E-state index is 0.0944. The van der Waals surface area contributed by atoms with Crippen molar-refractivity contribution in [1.82, 2.24) is 19.9 Å². The predicted molar refractivity (Wildman–Crippen MR) is 101 cm³/mol. The minimum atomic E-state index is -0.0986. The molecule has 27 heavy (non-hydrogen) atoms. The first-order chi connectivity index (χ1) is 13.0. The first-order valence-electron chi connectivity index (χ1n) is 9.05. The second-order valence-corrected chi connectivity index (χ2v) is 6.90. The lowest BCUT2D eigenvalue weighted by atomic mass is 9.87. The average Bonchev–Trinajstić information content (AvgIpc) is 2.69. The maximum Gasteiger partial charge on any atom is 0.253 e. The van der Waals surface area contributed by atoms with E-state index in [0.29, 0.717) is 18.1 Å². The van der Waals surface area contributed by atoms with Gasteiger partial charge in [-0.25, -0.2) is 15.0 Å². The Bertz CT molecular complexity index is 1030. The Morgan fingerprint density at radius 2 is 2.04 bits per heavy atom. The average molecular weight is 366 g/mol. The molecule has 0 saturated carbocycles. The molecule has 140 valence electrons. The van der Waals surface area contributed by atoms with Gasteiger partial charge in [0.2, 0.25) is 5.88 Å². The molecule has 3 aromatic rings. The van der Waals surface area contributed by atoms with Crippen LogP contribution in [0.3, 0.4) is 0 Å². The second kappa shape index (κ2) is 7.08. The largest absolute Gasteiger partial charge is 0.481 e. The quantitative estimate of drug-likeness (QED) is 0.766. The zero-order valence-electron chi connectivity index (χ0n) is 15.7. The van der Waals surface area contributed by atoms with Gasteiger partial charge in [0.25, 0.3) is 5.56 Å². The number of hydrogen-bond acceptors (Lipinski definition) is 6. The Morgan fingerprint density at radius 1 is 1.22 bits per heavy atom. The molecule has 0 amide bonds. The molecular formula is C20H22N4O3. The summed E-state index contributed by atoms with van der Waals surface area (Å²) in [5.41, 5.74) is 4.59. The molecule has 0 spiro atoms. The zero-order chi connectivity index (χ0) is 19.0. The number of rotatable bonds is 3. The molecular weight excluding hydrogens is 344 g/mol. The minimum Gasteiger partial charge on any atom is -0.481 e. The SMILES string of the molecule is COc1ccc([C@H]2C[C@@H](c3cc4nc(C)c(C)nc4[nH]c3=O)CCO2)cn1. The Hall–Kier alpha value is -2.80. The van der Waals surface area contributed by atoms with Crippen LogP contribution in [-0.4, -0.2) is 33.7 Å². The van der Waals surface area contributed by atoms with E-state index in [4.69, 9.17) is 9.47 Å². The van der Waals surface area contributed by atoms with Crippen LogP contribution in [0, 0.1) is 13.8 Å². The fourth-order valence-electron chi connectivity index (χ4n) is 3.52. The van der Waals surface area contributed by atoms with Crippen LogP contribution in [0.1, 0.15) is 47.4 Å². The third-order valence-corrected chi connectivity index (χ3v) is 5.18. The van der Waals surface area contributed by atoms with E-state index in [1.165, 1.54) is 0 Å². The van der Waals surface area contributed by atoms with Gasteiger partial charge in [-0.3, -0.25) is 4.79 Å². The van der Waals surface area contributed by atoms with Crippen molar-refractivity contribution in [1.29, 1.82) is 0 Å². The number of H-pyrrole nitrogens is 1. The molecule has 0 bridgehead atoms.